The second-order valence-corrected chi connectivity index (χ2v) is 5.89. The van der Waals surface area contributed by atoms with E-state index in [9.17, 15) is 4.79 Å². The molecule has 0 spiro atoms. The van der Waals surface area contributed by atoms with Crippen LogP contribution in [0.25, 0.3) is 0 Å². The molecule has 1 amide bonds. The van der Waals surface area contributed by atoms with Crippen molar-refractivity contribution in [1.82, 2.24) is 14.8 Å². The summed E-state index contributed by atoms with van der Waals surface area (Å²) < 4.78 is 2.68. The number of anilines is 1. The molecule has 2 aromatic carbocycles. The first-order valence-electron chi connectivity index (χ1n) is 6.69. The fraction of sp³-hybridized carbons (Fsp3) is 0.0625. The molecule has 1 aromatic heterocycles. The van der Waals surface area contributed by atoms with Crippen molar-refractivity contribution in [3.63, 3.8) is 0 Å². The molecular weight excluding hydrogens is 391 g/mol. The van der Waals surface area contributed by atoms with Crippen LogP contribution in [0.1, 0.15) is 15.9 Å². The number of hydrogen-bond donors (Lipinski definition) is 1. The van der Waals surface area contributed by atoms with Crippen molar-refractivity contribution in [2.75, 3.05) is 5.32 Å². The topological polar surface area (TPSA) is 59.8 Å². The lowest BCUT2D eigenvalue weighted by atomic mass is 10.2. The Morgan fingerprint density at radius 2 is 1.91 bits per heavy atom. The van der Waals surface area contributed by atoms with Crippen LogP contribution in [-0.4, -0.2) is 20.7 Å². The third-order valence-corrected chi connectivity index (χ3v) is 4.08. The molecule has 0 radical (unpaired) electrons. The van der Waals surface area contributed by atoms with Crippen LogP contribution in [0.5, 0.6) is 0 Å². The summed E-state index contributed by atoms with van der Waals surface area (Å²) in [5.74, 6) is -0.103. The molecule has 0 atom stereocenters. The first-order valence-corrected chi connectivity index (χ1v) is 7.77. The third kappa shape index (κ3) is 3.51. The minimum absolute atomic E-state index is 0.103. The monoisotopic (exact) mass is 404 g/mol. The SMILES string of the molecule is O=C(Nc1ccc(Cn2cncn2)cc1)c1ccccc1I. The smallest absolute Gasteiger partial charge is 0.256 e. The van der Waals surface area contributed by atoms with Crippen LogP contribution in [-0.2, 0) is 6.54 Å². The maximum Gasteiger partial charge on any atom is 0.256 e. The molecule has 0 aliphatic carbocycles. The normalized spacial score (nSPS) is 10.4. The number of halogens is 1. The molecule has 0 saturated carbocycles. The van der Waals surface area contributed by atoms with Gasteiger partial charge in [0.25, 0.3) is 5.91 Å². The van der Waals surface area contributed by atoms with Crippen LogP contribution in [0, 0.1) is 3.57 Å². The highest BCUT2D eigenvalue weighted by atomic mass is 127. The quantitative estimate of drug-likeness (QED) is 0.680. The molecule has 110 valence electrons. The van der Waals surface area contributed by atoms with Crippen LogP contribution in [0.15, 0.2) is 61.2 Å². The zero-order valence-corrected chi connectivity index (χ0v) is 13.8. The van der Waals surface area contributed by atoms with Gasteiger partial charge in [-0.1, -0.05) is 24.3 Å². The van der Waals surface area contributed by atoms with Crippen molar-refractivity contribution in [2.24, 2.45) is 0 Å². The van der Waals surface area contributed by atoms with E-state index in [1.807, 2.05) is 48.5 Å². The minimum Gasteiger partial charge on any atom is -0.322 e. The van der Waals surface area contributed by atoms with E-state index in [0.717, 1.165) is 14.8 Å². The van der Waals surface area contributed by atoms with Gasteiger partial charge in [0.15, 0.2) is 0 Å². The standard InChI is InChI=1S/C16H13IN4O/c17-15-4-2-1-3-14(15)16(22)20-13-7-5-12(6-8-13)9-21-11-18-10-19-21/h1-8,10-11H,9H2,(H,20,22). The second-order valence-electron chi connectivity index (χ2n) is 4.72. The van der Waals surface area contributed by atoms with Crippen LogP contribution in [0.4, 0.5) is 5.69 Å². The molecule has 1 N–H and O–H groups in total. The van der Waals surface area contributed by atoms with Crippen molar-refractivity contribution in [2.45, 2.75) is 6.54 Å². The molecule has 0 unspecified atom stereocenters. The first-order chi connectivity index (χ1) is 10.7. The summed E-state index contributed by atoms with van der Waals surface area (Å²) in [6.07, 6.45) is 3.18. The average molecular weight is 404 g/mol. The van der Waals surface area contributed by atoms with Crippen molar-refractivity contribution < 1.29 is 4.79 Å². The molecule has 22 heavy (non-hydrogen) atoms. The van der Waals surface area contributed by atoms with Gasteiger partial charge in [-0.2, -0.15) is 5.10 Å². The van der Waals surface area contributed by atoms with Gasteiger partial charge in [-0.05, 0) is 52.4 Å². The molecule has 1 heterocycles. The van der Waals surface area contributed by atoms with Crippen LogP contribution in [0.2, 0.25) is 0 Å². The number of nitrogens with zero attached hydrogens (tertiary/aromatic N) is 3. The van der Waals surface area contributed by atoms with Gasteiger partial charge in [-0.3, -0.25) is 4.79 Å². The predicted octanol–water partition coefficient (Wildman–Crippen LogP) is 3.18. The summed E-state index contributed by atoms with van der Waals surface area (Å²) in [6.45, 7) is 0.658. The number of hydrogen-bond acceptors (Lipinski definition) is 3. The second kappa shape index (κ2) is 6.69. The van der Waals surface area contributed by atoms with Gasteiger partial charge in [0, 0.05) is 9.26 Å². The maximum absolute atomic E-state index is 12.2. The summed E-state index contributed by atoms with van der Waals surface area (Å²) in [7, 11) is 0. The maximum atomic E-state index is 12.2. The Labute approximate surface area is 141 Å². The van der Waals surface area contributed by atoms with Gasteiger partial charge >= 0.3 is 0 Å². The lowest BCUT2D eigenvalue weighted by Gasteiger charge is -2.08. The van der Waals surface area contributed by atoms with Crippen molar-refractivity contribution in [3.05, 3.63) is 75.9 Å². The van der Waals surface area contributed by atoms with Gasteiger partial charge in [-0.15, -0.1) is 0 Å². The van der Waals surface area contributed by atoms with E-state index in [4.69, 9.17) is 0 Å². The molecule has 0 aliphatic heterocycles. The average Bonchev–Trinajstić information content (AvgIpc) is 3.02. The van der Waals surface area contributed by atoms with Crippen LogP contribution in [0.3, 0.4) is 0 Å². The Hall–Kier alpha value is -2.22. The number of carbonyl (C=O) groups is 1. The van der Waals surface area contributed by atoms with Gasteiger partial charge in [0.1, 0.15) is 12.7 Å². The zero-order valence-electron chi connectivity index (χ0n) is 11.6. The summed E-state index contributed by atoms with van der Waals surface area (Å²) in [6, 6.07) is 15.2. The lowest BCUT2D eigenvalue weighted by molar-refractivity contribution is 0.102. The molecule has 3 aromatic rings. The summed E-state index contributed by atoms with van der Waals surface area (Å²) in [5, 5.41) is 6.97. The highest BCUT2D eigenvalue weighted by molar-refractivity contribution is 14.1. The summed E-state index contributed by atoms with van der Waals surface area (Å²) in [5.41, 5.74) is 2.54. The fourth-order valence-electron chi connectivity index (χ4n) is 2.04. The molecule has 5 nitrogen and oxygen atoms in total. The minimum atomic E-state index is -0.103. The van der Waals surface area contributed by atoms with Gasteiger partial charge in [-0.25, -0.2) is 9.67 Å². The van der Waals surface area contributed by atoms with E-state index in [1.54, 1.807) is 11.0 Å². The molecule has 0 saturated heterocycles. The van der Waals surface area contributed by atoms with E-state index in [2.05, 4.69) is 38.0 Å². The number of nitrogens with one attached hydrogen (secondary N) is 1. The zero-order chi connectivity index (χ0) is 15.4. The molecule has 6 heteroatoms. The first kappa shape index (κ1) is 14.7. The number of carbonyl (C=O) groups excluding carboxylic acids is 1. The van der Waals surface area contributed by atoms with Crippen LogP contribution >= 0.6 is 22.6 Å². The Balaban J connectivity index is 1.68. The molecule has 0 fully saturated rings. The summed E-state index contributed by atoms with van der Waals surface area (Å²) in [4.78, 5) is 16.1. The Morgan fingerprint density at radius 1 is 1.14 bits per heavy atom. The molecule has 0 bridgehead atoms. The van der Waals surface area contributed by atoms with Crippen molar-refractivity contribution >= 4 is 34.2 Å². The van der Waals surface area contributed by atoms with Crippen molar-refractivity contribution in [3.8, 4) is 0 Å². The van der Waals surface area contributed by atoms with E-state index < -0.39 is 0 Å². The molecule has 0 aliphatic rings. The largest absolute Gasteiger partial charge is 0.322 e. The van der Waals surface area contributed by atoms with Gasteiger partial charge in [0.05, 0.1) is 12.1 Å². The Bertz CT molecular complexity index is 769. The Kier molecular flexibility index (Phi) is 4.47. The van der Waals surface area contributed by atoms with E-state index in [0.29, 0.717) is 12.1 Å². The molecular formula is C16H13IN4O. The van der Waals surface area contributed by atoms with E-state index >= 15 is 0 Å². The van der Waals surface area contributed by atoms with E-state index in [-0.39, 0.29) is 5.91 Å². The molecule has 3 rings (SSSR count). The number of aromatic nitrogens is 3. The number of benzene rings is 2. The van der Waals surface area contributed by atoms with Crippen molar-refractivity contribution in [1.29, 1.82) is 0 Å². The highest BCUT2D eigenvalue weighted by Gasteiger charge is 2.09. The predicted molar refractivity (Wildman–Crippen MR) is 92.7 cm³/mol. The number of rotatable bonds is 4. The highest BCUT2D eigenvalue weighted by Crippen LogP contribution is 2.15. The fourth-order valence-corrected chi connectivity index (χ4v) is 2.67. The number of amides is 1. The lowest BCUT2D eigenvalue weighted by Crippen LogP contribution is -2.13. The summed E-state index contributed by atoms with van der Waals surface area (Å²) >= 11 is 2.16. The third-order valence-electron chi connectivity index (χ3n) is 3.14. The Morgan fingerprint density at radius 3 is 2.59 bits per heavy atom. The van der Waals surface area contributed by atoms with E-state index in [1.165, 1.54) is 6.33 Å². The van der Waals surface area contributed by atoms with Crippen LogP contribution < -0.4 is 5.32 Å². The van der Waals surface area contributed by atoms with Gasteiger partial charge < -0.3 is 5.32 Å². The van der Waals surface area contributed by atoms with Gasteiger partial charge in [0.2, 0.25) is 0 Å².